The second-order valence-electron chi connectivity index (χ2n) is 5.05. The van der Waals surface area contributed by atoms with Crippen molar-refractivity contribution in [3.63, 3.8) is 0 Å². The van der Waals surface area contributed by atoms with Crippen LogP contribution in [-0.4, -0.2) is 38.7 Å². The molecule has 0 aliphatic heterocycles. The lowest BCUT2D eigenvalue weighted by Gasteiger charge is -2.16. The Morgan fingerprint density at radius 1 is 1.38 bits per heavy atom. The van der Waals surface area contributed by atoms with Crippen molar-refractivity contribution in [1.82, 2.24) is 15.0 Å². The Bertz CT molecular complexity index is 637. The molecule has 0 radical (unpaired) electrons. The van der Waals surface area contributed by atoms with Crippen LogP contribution in [0.1, 0.15) is 18.7 Å². The van der Waals surface area contributed by atoms with Crippen molar-refractivity contribution in [1.29, 1.82) is 0 Å². The molecule has 1 heterocycles. The molecule has 1 saturated carbocycles. The lowest BCUT2D eigenvalue weighted by atomic mass is 10.2. The average molecular weight is 291 g/mol. The summed E-state index contributed by atoms with van der Waals surface area (Å²) in [6.07, 6.45) is 1.98. The Morgan fingerprint density at radius 3 is 2.71 bits per heavy atom. The Kier molecular flexibility index (Phi) is 3.66. The highest BCUT2D eigenvalue weighted by Crippen LogP contribution is 2.28. The van der Waals surface area contributed by atoms with E-state index >= 15 is 0 Å². The zero-order chi connectivity index (χ0) is 14.8. The van der Waals surface area contributed by atoms with Crippen molar-refractivity contribution in [3.05, 3.63) is 36.0 Å². The molecule has 0 bridgehead atoms. The molecule has 0 saturated heterocycles. The lowest BCUT2D eigenvalue weighted by Crippen LogP contribution is -2.31. The van der Waals surface area contributed by atoms with Crippen LogP contribution in [0.3, 0.4) is 0 Å². The minimum atomic E-state index is -0.875. The number of carboxylic acids is 1. The van der Waals surface area contributed by atoms with E-state index in [1.807, 2.05) is 4.90 Å². The van der Waals surface area contributed by atoms with E-state index in [2.05, 4.69) is 10.1 Å². The van der Waals surface area contributed by atoms with Gasteiger partial charge in [-0.1, -0.05) is 5.16 Å². The summed E-state index contributed by atoms with van der Waals surface area (Å²) >= 11 is 0. The lowest BCUT2D eigenvalue weighted by molar-refractivity contribution is -0.138. The molecule has 1 aliphatic rings. The van der Waals surface area contributed by atoms with Crippen molar-refractivity contribution in [2.75, 3.05) is 6.54 Å². The third-order valence-corrected chi connectivity index (χ3v) is 3.31. The molecule has 110 valence electrons. The van der Waals surface area contributed by atoms with Crippen LogP contribution in [0, 0.1) is 5.82 Å². The molecule has 6 nitrogen and oxygen atoms in total. The molecule has 1 fully saturated rings. The van der Waals surface area contributed by atoms with Crippen LogP contribution in [-0.2, 0) is 11.3 Å². The van der Waals surface area contributed by atoms with Gasteiger partial charge in [0.15, 0.2) is 0 Å². The van der Waals surface area contributed by atoms with Crippen molar-refractivity contribution < 1.29 is 18.8 Å². The molecule has 1 aliphatic carbocycles. The summed E-state index contributed by atoms with van der Waals surface area (Å²) in [6, 6.07) is 6.07. The zero-order valence-electron chi connectivity index (χ0n) is 11.2. The summed E-state index contributed by atoms with van der Waals surface area (Å²) in [5.74, 6) is -0.470. The van der Waals surface area contributed by atoms with Gasteiger partial charge in [-0.25, -0.2) is 4.39 Å². The number of aliphatic carboxylic acids is 1. The number of carboxylic acid groups (broad SMARTS) is 1. The van der Waals surface area contributed by atoms with Gasteiger partial charge in [-0.2, -0.15) is 4.98 Å². The van der Waals surface area contributed by atoms with Crippen LogP contribution in [0.4, 0.5) is 4.39 Å². The first-order valence-electron chi connectivity index (χ1n) is 6.66. The number of hydrogen-bond donors (Lipinski definition) is 1. The fourth-order valence-corrected chi connectivity index (χ4v) is 2.14. The van der Waals surface area contributed by atoms with Gasteiger partial charge in [0.25, 0.3) is 0 Å². The quantitative estimate of drug-likeness (QED) is 0.876. The van der Waals surface area contributed by atoms with Gasteiger partial charge in [0.05, 0.1) is 13.1 Å². The van der Waals surface area contributed by atoms with Crippen LogP contribution in [0.5, 0.6) is 0 Å². The second kappa shape index (κ2) is 5.61. The Morgan fingerprint density at radius 2 is 2.10 bits per heavy atom. The molecule has 0 unspecified atom stereocenters. The van der Waals surface area contributed by atoms with E-state index in [1.54, 1.807) is 12.1 Å². The highest BCUT2D eigenvalue weighted by Gasteiger charge is 2.31. The predicted octanol–water partition coefficient (Wildman–Crippen LogP) is 1.92. The van der Waals surface area contributed by atoms with Gasteiger partial charge in [0.1, 0.15) is 5.82 Å². The van der Waals surface area contributed by atoms with Gasteiger partial charge < -0.3 is 9.63 Å². The van der Waals surface area contributed by atoms with Crippen LogP contribution in [0.2, 0.25) is 0 Å². The third kappa shape index (κ3) is 3.43. The van der Waals surface area contributed by atoms with Crippen molar-refractivity contribution in [2.45, 2.75) is 25.4 Å². The fourth-order valence-electron chi connectivity index (χ4n) is 2.14. The molecule has 0 spiro atoms. The Labute approximate surface area is 120 Å². The van der Waals surface area contributed by atoms with E-state index < -0.39 is 5.97 Å². The third-order valence-electron chi connectivity index (χ3n) is 3.31. The maximum atomic E-state index is 12.9. The Balaban J connectivity index is 1.72. The molecule has 0 atom stereocenters. The van der Waals surface area contributed by atoms with E-state index in [4.69, 9.17) is 9.63 Å². The van der Waals surface area contributed by atoms with Crippen molar-refractivity contribution in [2.24, 2.45) is 0 Å². The summed E-state index contributed by atoms with van der Waals surface area (Å²) in [5.41, 5.74) is 0.655. The molecule has 1 N–H and O–H groups in total. The number of aromatic nitrogens is 2. The normalized spacial score (nSPS) is 14.6. The SMILES string of the molecule is O=C(O)CN(Cc1nc(-c2ccc(F)cc2)no1)C1CC1. The maximum absolute atomic E-state index is 12.9. The standard InChI is InChI=1S/C14H14FN3O3/c15-10-3-1-9(2-4-10)14-16-12(21-17-14)7-18(8-13(19)20)11-5-6-11/h1-4,11H,5-8H2,(H,19,20). The molecular formula is C14H14FN3O3. The van der Waals surface area contributed by atoms with Gasteiger partial charge in [-0.05, 0) is 37.1 Å². The summed E-state index contributed by atoms with van der Waals surface area (Å²) in [7, 11) is 0. The van der Waals surface area contributed by atoms with E-state index in [1.165, 1.54) is 12.1 Å². The summed E-state index contributed by atoms with van der Waals surface area (Å²) in [6.45, 7) is 0.268. The average Bonchev–Trinajstić information content (AvgIpc) is 3.19. The first-order chi connectivity index (χ1) is 10.1. The number of carbonyl (C=O) groups is 1. The van der Waals surface area contributed by atoms with E-state index in [0.29, 0.717) is 23.8 Å². The first kappa shape index (κ1) is 13.7. The highest BCUT2D eigenvalue weighted by molar-refractivity contribution is 5.69. The van der Waals surface area contributed by atoms with Gasteiger partial charge in [-0.3, -0.25) is 9.69 Å². The molecule has 1 aromatic carbocycles. The topological polar surface area (TPSA) is 79.5 Å². The second-order valence-corrected chi connectivity index (χ2v) is 5.05. The Hall–Kier alpha value is -2.28. The zero-order valence-corrected chi connectivity index (χ0v) is 11.2. The largest absolute Gasteiger partial charge is 0.480 e. The van der Waals surface area contributed by atoms with Crippen LogP contribution >= 0.6 is 0 Å². The predicted molar refractivity (Wildman–Crippen MR) is 70.8 cm³/mol. The van der Waals surface area contributed by atoms with E-state index in [-0.39, 0.29) is 18.4 Å². The van der Waals surface area contributed by atoms with Gasteiger partial charge >= 0.3 is 5.97 Å². The molecule has 7 heteroatoms. The van der Waals surface area contributed by atoms with E-state index in [0.717, 1.165) is 12.8 Å². The van der Waals surface area contributed by atoms with Gasteiger partial charge in [0.2, 0.25) is 11.7 Å². The molecule has 3 rings (SSSR count). The minimum absolute atomic E-state index is 0.0427. The smallest absolute Gasteiger partial charge is 0.317 e. The number of rotatable bonds is 6. The molecule has 2 aromatic rings. The number of halogens is 1. The van der Waals surface area contributed by atoms with Crippen molar-refractivity contribution >= 4 is 5.97 Å². The van der Waals surface area contributed by atoms with Crippen LogP contribution < -0.4 is 0 Å². The van der Waals surface area contributed by atoms with Gasteiger partial charge in [-0.15, -0.1) is 0 Å². The van der Waals surface area contributed by atoms with Crippen LogP contribution in [0.25, 0.3) is 11.4 Å². The number of hydrogen-bond acceptors (Lipinski definition) is 5. The number of benzene rings is 1. The summed E-state index contributed by atoms with van der Waals surface area (Å²) in [4.78, 5) is 16.9. The van der Waals surface area contributed by atoms with Crippen LogP contribution in [0.15, 0.2) is 28.8 Å². The molecular weight excluding hydrogens is 277 g/mol. The van der Waals surface area contributed by atoms with E-state index in [9.17, 15) is 9.18 Å². The summed E-state index contributed by atoms with van der Waals surface area (Å²) in [5, 5.41) is 12.7. The minimum Gasteiger partial charge on any atom is -0.480 e. The first-order valence-corrected chi connectivity index (χ1v) is 6.66. The highest BCUT2D eigenvalue weighted by atomic mass is 19.1. The number of nitrogens with zero attached hydrogens (tertiary/aromatic N) is 3. The monoisotopic (exact) mass is 291 g/mol. The molecule has 1 aromatic heterocycles. The maximum Gasteiger partial charge on any atom is 0.317 e. The van der Waals surface area contributed by atoms with Crippen molar-refractivity contribution in [3.8, 4) is 11.4 Å². The molecule has 0 amide bonds. The fraction of sp³-hybridized carbons (Fsp3) is 0.357. The van der Waals surface area contributed by atoms with Gasteiger partial charge in [0, 0.05) is 11.6 Å². The molecule has 21 heavy (non-hydrogen) atoms. The summed E-state index contributed by atoms with van der Waals surface area (Å²) < 4.78 is 18.0.